The minimum Gasteiger partial charge on any atom is -0.504 e. The van der Waals surface area contributed by atoms with E-state index in [0.29, 0.717) is 9.33 Å². The average molecular weight is 430 g/mol. The number of hydrogen-bond donors (Lipinski definition) is 2. The third kappa shape index (κ3) is 3.20. The number of amides is 2. The second-order valence-corrected chi connectivity index (χ2v) is 8.28. The number of halogens is 1. The van der Waals surface area contributed by atoms with E-state index < -0.39 is 21.8 Å². The third-order valence-electron chi connectivity index (χ3n) is 4.26. The Labute approximate surface area is 170 Å². The number of hydrogen-bond acceptors (Lipinski definition) is 6. The van der Waals surface area contributed by atoms with Crippen LogP contribution in [0.3, 0.4) is 0 Å². The molecule has 0 saturated carbocycles. The van der Waals surface area contributed by atoms with E-state index in [4.69, 9.17) is 11.6 Å². The first-order chi connectivity index (χ1) is 13.8. The molecule has 2 amide bonds. The lowest BCUT2D eigenvalue weighted by Crippen LogP contribution is -2.29. The zero-order chi connectivity index (χ0) is 20.8. The quantitative estimate of drug-likeness (QED) is 0.660. The minimum atomic E-state index is -4.20. The summed E-state index contributed by atoms with van der Waals surface area (Å²) in [6.45, 7) is 0. The van der Waals surface area contributed by atoms with Gasteiger partial charge < -0.3 is 10.4 Å². The molecular formula is C19H12ClN3O5S. The molecule has 0 fully saturated rings. The number of benzene rings is 2. The van der Waals surface area contributed by atoms with Crippen molar-refractivity contribution in [2.24, 2.45) is 0 Å². The number of pyridine rings is 1. The zero-order valence-electron chi connectivity index (χ0n) is 14.5. The van der Waals surface area contributed by atoms with Crippen molar-refractivity contribution < 1.29 is 23.1 Å². The fraction of sp³-hybridized carbons (Fsp3) is 0. The summed E-state index contributed by atoms with van der Waals surface area (Å²) in [6.07, 6.45) is 1.38. The first-order valence-corrected chi connectivity index (χ1v) is 10.1. The number of anilines is 2. The molecule has 0 radical (unpaired) electrons. The lowest BCUT2D eigenvalue weighted by Gasteiger charge is -2.14. The molecule has 2 heterocycles. The SMILES string of the molecule is O=C(Nc1ncccc1O)c1ccc2c(c1)S(=O)(=O)N(c1ccc(Cl)cc1)C2=O. The molecule has 0 saturated heterocycles. The maximum Gasteiger partial charge on any atom is 0.273 e. The number of aromatic nitrogens is 1. The molecule has 29 heavy (non-hydrogen) atoms. The Morgan fingerprint density at radius 2 is 1.83 bits per heavy atom. The Bertz CT molecular complexity index is 1260. The van der Waals surface area contributed by atoms with E-state index in [2.05, 4.69) is 10.3 Å². The molecule has 0 unspecified atom stereocenters. The monoisotopic (exact) mass is 429 g/mol. The van der Waals surface area contributed by atoms with E-state index in [-0.39, 0.29) is 33.3 Å². The molecule has 4 rings (SSSR count). The molecule has 0 atom stereocenters. The van der Waals surface area contributed by atoms with Crippen LogP contribution in [0.15, 0.2) is 65.7 Å². The Balaban J connectivity index is 1.71. The third-order valence-corrected chi connectivity index (χ3v) is 6.26. The van der Waals surface area contributed by atoms with Crippen LogP contribution in [0.1, 0.15) is 20.7 Å². The molecule has 1 aliphatic rings. The molecule has 3 aromatic rings. The van der Waals surface area contributed by atoms with Crippen LogP contribution in [0.4, 0.5) is 11.5 Å². The van der Waals surface area contributed by atoms with Gasteiger partial charge in [-0.3, -0.25) is 9.59 Å². The van der Waals surface area contributed by atoms with Gasteiger partial charge in [-0.2, -0.15) is 4.31 Å². The largest absolute Gasteiger partial charge is 0.504 e. The fourth-order valence-corrected chi connectivity index (χ4v) is 4.62. The van der Waals surface area contributed by atoms with Crippen LogP contribution >= 0.6 is 11.6 Å². The van der Waals surface area contributed by atoms with Gasteiger partial charge in [0.05, 0.1) is 11.3 Å². The normalized spacial score (nSPS) is 14.5. The fourth-order valence-electron chi connectivity index (χ4n) is 2.88. The summed E-state index contributed by atoms with van der Waals surface area (Å²) in [7, 11) is -4.20. The van der Waals surface area contributed by atoms with Crippen molar-refractivity contribution in [2.45, 2.75) is 4.90 Å². The average Bonchev–Trinajstić information content (AvgIpc) is 2.90. The summed E-state index contributed by atoms with van der Waals surface area (Å²) in [6, 6.07) is 12.3. The van der Waals surface area contributed by atoms with Crippen LogP contribution in [0.25, 0.3) is 0 Å². The smallest absolute Gasteiger partial charge is 0.273 e. The van der Waals surface area contributed by atoms with Crippen molar-refractivity contribution in [2.75, 3.05) is 9.62 Å². The van der Waals surface area contributed by atoms with E-state index in [1.165, 1.54) is 54.7 Å². The van der Waals surface area contributed by atoms with Crippen LogP contribution < -0.4 is 9.62 Å². The maximum atomic E-state index is 13.0. The van der Waals surface area contributed by atoms with E-state index in [0.717, 1.165) is 6.07 Å². The van der Waals surface area contributed by atoms with Crippen LogP contribution in [-0.4, -0.2) is 30.3 Å². The van der Waals surface area contributed by atoms with E-state index >= 15 is 0 Å². The van der Waals surface area contributed by atoms with Gasteiger partial charge in [-0.25, -0.2) is 13.4 Å². The minimum absolute atomic E-state index is 0.0110. The van der Waals surface area contributed by atoms with Crippen LogP contribution in [0.5, 0.6) is 5.75 Å². The zero-order valence-corrected chi connectivity index (χ0v) is 16.1. The molecule has 10 heteroatoms. The van der Waals surface area contributed by atoms with Gasteiger partial charge in [0.25, 0.3) is 21.8 Å². The van der Waals surface area contributed by atoms with Crippen molar-refractivity contribution in [1.29, 1.82) is 0 Å². The Hall–Kier alpha value is -3.43. The maximum absolute atomic E-state index is 13.0. The van der Waals surface area contributed by atoms with Gasteiger partial charge in [0.15, 0.2) is 11.6 Å². The van der Waals surface area contributed by atoms with Gasteiger partial charge in [-0.15, -0.1) is 0 Å². The summed E-state index contributed by atoms with van der Waals surface area (Å²) in [4.78, 5) is 28.7. The van der Waals surface area contributed by atoms with Crippen molar-refractivity contribution in [3.63, 3.8) is 0 Å². The summed E-state index contributed by atoms with van der Waals surface area (Å²) >= 11 is 5.83. The van der Waals surface area contributed by atoms with Crippen molar-refractivity contribution in [1.82, 2.24) is 4.98 Å². The summed E-state index contributed by atoms with van der Waals surface area (Å²) in [5.74, 6) is -1.72. The highest BCUT2D eigenvalue weighted by Crippen LogP contribution is 2.35. The molecule has 2 N–H and O–H groups in total. The highest BCUT2D eigenvalue weighted by molar-refractivity contribution is 7.94. The van der Waals surface area contributed by atoms with Gasteiger partial charge in [0.2, 0.25) is 0 Å². The number of carbonyl (C=O) groups is 2. The van der Waals surface area contributed by atoms with E-state index in [1.807, 2.05) is 0 Å². The van der Waals surface area contributed by atoms with Gasteiger partial charge in [0, 0.05) is 16.8 Å². The van der Waals surface area contributed by atoms with E-state index in [1.54, 1.807) is 0 Å². The van der Waals surface area contributed by atoms with Crippen LogP contribution in [-0.2, 0) is 10.0 Å². The molecule has 2 aromatic carbocycles. The molecule has 146 valence electrons. The number of nitrogens with zero attached hydrogens (tertiary/aromatic N) is 2. The molecule has 8 nitrogen and oxygen atoms in total. The van der Waals surface area contributed by atoms with Gasteiger partial charge >= 0.3 is 0 Å². The van der Waals surface area contributed by atoms with Crippen molar-refractivity contribution in [3.8, 4) is 5.75 Å². The predicted molar refractivity (Wildman–Crippen MR) is 106 cm³/mol. The van der Waals surface area contributed by atoms with Gasteiger partial charge in [-0.05, 0) is 54.6 Å². The van der Waals surface area contributed by atoms with Crippen molar-refractivity contribution in [3.05, 3.63) is 76.9 Å². The van der Waals surface area contributed by atoms with Crippen LogP contribution in [0, 0.1) is 0 Å². The first kappa shape index (κ1) is 18.9. The highest BCUT2D eigenvalue weighted by atomic mass is 35.5. The van der Waals surface area contributed by atoms with Gasteiger partial charge in [-0.1, -0.05) is 11.6 Å². The summed E-state index contributed by atoms with van der Waals surface area (Å²) in [5.41, 5.74) is 0.0836. The number of carbonyl (C=O) groups excluding carboxylic acids is 2. The topological polar surface area (TPSA) is 117 Å². The van der Waals surface area contributed by atoms with E-state index in [9.17, 15) is 23.1 Å². The lowest BCUT2D eigenvalue weighted by molar-refractivity contribution is 0.100. The summed E-state index contributed by atoms with van der Waals surface area (Å²) in [5, 5.41) is 12.5. The Morgan fingerprint density at radius 1 is 1.10 bits per heavy atom. The standard InChI is InChI=1S/C19H12ClN3O5S/c20-12-4-6-13(7-5-12)23-19(26)14-8-3-11(10-16(14)29(23,27)28)18(25)22-17-15(24)2-1-9-21-17/h1-10,24H,(H,21,22,25). The number of rotatable bonds is 3. The van der Waals surface area contributed by atoms with Crippen molar-refractivity contribution >= 4 is 44.9 Å². The molecule has 0 bridgehead atoms. The number of sulfonamides is 1. The molecule has 0 aliphatic carbocycles. The molecular weight excluding hydrogens is 418 g/mol. The Morgan fingerprint density at radius 3 is 2.52 bits per heavy atom. The Kier molecular flexibility index (Phi) is 4.48. The molecule has 1 aliphatic heterocycles. The second kappa shape index (κ2) is 6.87. The second-order valence-electron chi connectivity index (χ2n) is 6.09. The number of fused-ring (bicyclic) bond motifs is 1. The number of nitrogens with one attached hydrogen (secondary N) is 1. The predicted octanol–water partition coefficient (Wildman–Crippen LogP) is 3.04. The molecule has 0 spiro atoms. The molecule has 1 aromatic heterocycles. The highest BCUT2D eigenvalue weighted by Gasteiger charge is 2.42. The lowest BCUT2D eigenvalue weighted by atomic mass is 10.1. The van der Waals surface area contributed by atoms with Crippen LogP contribution in [0.2, 0.25) is 5.02 Å². The first-order valence-electron chi connectivity index (χ1n) is 8.23. The number of aromatic hydroxyl groups is 1. The summed E-state index contributed by atoms with van der Waals surface area (Å²) < 4.78 is 26.6. The van der Waals surface area contributed by atoms with Gasteiger partial charge in [0.1, 0.15) is 4.90 Å².